The lowest BCUT2D eigenvalue weighted by atomic mass is 10.2. The smallest absolute Gasteiger partial charge is 0.119 e. The second-order valence-electron chi connectivity index (χ2n) is 3.95. The molecule has 2 rings (SSSR count). The number of benzene rings is 1. The summed E-state index contributed by atoms with van der Waals surface area (Å²) >= 11 is 0. The highest BCUT2D eigenvalue weighted by Crippen LogP contribution is 2.12. The highest BCUT2D eigenvalue weighted by atomic mass is 16.5. The lowest BCUT2D eigenvalue weighted by Gasteiger charge is -2.26. The van der Waals surface area contributed by atoms with E-state index < -0.39 is 0 Å². The minimum Gasteiger partial charge on any atom is -0.492 e. The number of hydrogen-bond acceptors (Lipinski definition) is 3. The van der Waals surface area contributed by atoms with E-state index in [1.54, 1.807) is 0 Å². The number of nitrogens with zero attached hydrogens (tertiary/aromatic N) is 1. The van der Waals surface area contributed by atoms with Gasteiger partial charge in [-0.1, -0.05) is 12.1 Å². The molecular weight excluding hydrogens is 202 g/mol. The van der Waals surface area contributed by atoms with Crippen molar-refractivity contribution >= 4 is 0 Å². The minimum atomic E-state index is 0.726. The molecule has 87 valence electrons. The van der Waals surface area contributed by atoms with E-state index in [0.717, 1.165) is 50.8 Å². The van der Waals surface area contributed by atoms with Crippen molar-refractivity contribution in [1.29, 1.82) is 0 Å². The summed E-state index contributed by atoms with van der Waals surface area (Å²) in [5.41, 5.74) is 0.990. The minimum absolute atomic E-state index is 0.726. The van der Waals surface area contributed by atoms with Crippen LogP contribution >= 0.6 is 0 Å². The number of hydrogen-bond donors (Lipinski definition) is 0. The number of rotatable bonds is 4. The summed E-state index contributed by atoms with van der Waals surface area (Å²) < 4.78 is 11.0. The van der Waals surface area contributed by atoms with E-state index in [1.807, 2.05) is 24.3 Å². The van der Waals surface area contributed by atoms with Gasteiger partial charge in [0.25, 0.3) is 0 Å². The summed E-state index contributed by atoms with van der Waals surface area (Å²) in [7, 11) is 0. The van der Waals surface area contributed by atoms with Crippen molar-refractivity contribution in [3.05, 3.63) is 36.8 Å². The Hall–Kier alpha value is -1.06. The maximum absolute atomic E-state index is 5.67. The third-order valence-electron chi connectivity index (χ3n) is 2.68. The topological polar surface area (TPSA) is 21.7 Å². The van der Waals surface area contributed by atoms with Gasteiger partial charge < -0.3 is 9.47 Å². The third-order valence-corrected chi connectivity index (χ3v) is 2.68. The van der Waals surface area contributed by atoms with Crippen LogP contribution < -0.4 is 4.74 Å². The molecule has 0 bridgehead atoms. The molecule has 0 spiro atoms. The Kier molecular flexibility index (Phi) is 4.19. The van der Waals surface area contributed by atoms with Gasteiger partial charge in [0, 0.05) is 19.6 Å². The average molecular weight is 220 g/mol. The van der Waals surface area contributed by atoms with Gasteiger partial charge in [0.05, 0.1) is 13.2 Å². The molecule has 1 saturated heterocycles. The molecule has 0 aromatic heterocycles. The fourth-order valence-electron chi connectivity index (χ4n) is 1.75. The fourth-order valence-corrected chi connectivity index (χ4v) is 1.75. The summed E-state index contributed by atoms with van der Waals surface area (Å²) in [6.45, 7) is 9.27. The summed E-state index contributed by atoms with van der Waals surface area (Å²) in [4.78, 5) is 2.36. The van der Waals surface area contributed by atoms with Crippen molar-refractivity contribution in [3.8, 4) is 5.75 Å². The molecule has 1 radical (unpaired) electrons. The van der Waals surface area contributed by atoms with Crippen molar-refractivity contribution in [2.75, 3.05) is 39.5 Å². The van der Waals surface area contributed by atoms with E-state index in [4.69, 9.17) is 9.47 Å². The molecule has 1 fully saturated rings. The van der Waals surface area contributed by atoms with Gasteiger partial charge in [0.1, 0.15) is 12.4 Å². The number of morpholine rings is 1. The Morgan fingerprint density at radius 2 is 2.12 bits per heavy atom. The van der Waals surface area contributed by atoms with Gasteiger partial charge in [0.2, 0.25) is 0 Å². The maximum atomic E-state index is 5.67. The summed E-state index contributed by atoms with van der Waals surface area (Å²) in [6.07, 6.45) is 0. The van der Waals surface area contributed by atoms with Crippen LogP contribution in [0.2, 0.25) is 0 Å². The molecule has 1 aromatic rings. The van der Waals surface area contributed by atoms with Crippen molar-refractivity contribution in [2.45, 2.75) is 0 Å². The Morgan fingerprint density at radius 3 is 2.88 bits per heavy atom. The molecule has 1 aromatic carbocycles. The van der Waals surface area contributed by atoms with Gasteiger partial charge in [-0.25, -0.2) is 0 Å². The van der Waals surface area contributed by atoms with E-state index in [1.165, 1.54) is 0 Å². The zero-order valence-corrected chi connectivity index (χ0v) is 9.52. The highest BCUT2D eigenvalue weighted by molar-refractivity contribution is 5.29. The maximum Gasteiger partial charge on any atom is 0.119 e. The molecule has 0 aliphatic carbocycles. The molecule has 0 amide bonds. The largest absolute Gasteiger partial charge is 0.492 e. The molecule has 0 unspecified atom stereocenters. The quantitative estimate of drug-likeness (QED) is 0.769. The molecule has 0 saturated carbocycles. The predicted octanol–water partition coefficient (Wildman–Crippen LogP) is 1.58. The fraction of sp³-hybridized carbons (Fsp3) is 0.462. The molecule has 16 heavy (non-hydrogen) atoms. The molecule has 1 heterocycles. The van der Waals surface area contributed by atoms with E-state index in [2.05, 4.69) is 11.8 Å². The first-order valence-corrected chi connectivity index (χ1v) is 5.69. The predicted molar refractivity (Wildman–Crippen MR) is 63.7 cm³/mol. The van der Waals surface area contributed by atoms with Crippen molar-refractivity contribution < 1.29 is 9.47 Å². The number of ether oxygens (including phenoxy) is 2. The standard InChI is InChI=1S/C13H18NO2/c1-12-3-2-4-13(11-12)16-10-7-14-5-8-15-9-6-14/h2-4,11H,1,5-10H2. The van der Waals surface area contributed by atoms with Crippen LogP contribution in [0.3, 0.4) is 0 Å². The molecule has 3 heteroatoms. The molecule has 1 aliphatic heterocycles. The van der Waals surface area contributed by atoms with Gasteiger partial charge in [-0.2, -0.15) is 0 Å². The van der Waals surface area contributed by atoms with Crippen LogP contribution in [0.4, 0.5) is 0 Å². The molecule has 1 aliphatic rings. The van der Waals surface area contributed by atoms with Crippen LogP contribution in [0, 0.1) is 6.92 Å². The summed E-state index contributed by atoms with van der Waals surface area (Å²) in [6, 6.07) is 7.86. The molecule has 3 nitrogen and oxygen atoms in total. The highest BCUT2D eigenvalue weighted by Gasteiger charge is 2.09. The lowest BCUT2D eigenvalue weighted by Crippen LogP contribution is -2.38. The first-order chi connectivity index (χ1) is 7.84. The van der Waals surface area contributed by atoms with Crippen molar-refractivity contribution in [3.63, 3.8) is 0 Å². The van der Waals surface area contributed by atoms with Crippen LogP contribution in [-0.2, 0) is 4.74 Å². The van der Waals surface area contributed by atoms with Crippen molar-refractivity contribution in [2.24, 2.45) is 0 Å². The SMILES string of the molecule is [CH2]c1cccc(OCCN2CCOCC2)c1. The Bertz CT molecular complexity index is 321. The Morgan fingerprint density at radius 1 is 1.31 bits per heavy atom. The van der Waals surface area contributed by atoms with E-state index in [9.17, 15) is 0 Å². The van der Waals surface area contributed by atoms with Crippen molar-refractivity contribution in [1.82, 2.24) is 4.90 Å². The Labute approximate surface area is 97.0 Å². The normalized spacial score (nSPS) is 17.3. The van der Waals surface area contributed by atoms with Crippen LogP contribution in [0.25, 0.3) is 0 Å². The zero-order valence-electron chi connectivity index (χ0n) is 9.52. The summed E-state index contributed by atoms with van der Waals surface area (Å²) in [5, 5.41) is 0. The average Bonchev–Trinajstić information content (AvgIpc) is 2.30. The van der Waals surface area contributed by atoms with Crippen LogP contribution in [0.1, 0.15) is 5.56 Å². The van der Waals surface area contributed by atoms with E-state index >= 15 is 0 Å². The van der Waals surface area contributed by atoms with E-state index in [0.29, 0.717) is 0 Å². The van der Waals surface area contributed by atoms with Gasteiger partial charge >= 0.3 is 0 Å². The molecular formula is C13H18NO2. The zero-order chi connectivity index (χ0) is 11.2. The second kappa shape index (κ2) is 5.87. The van der Waals surface area contributed by atoms with Gasteiger partial charge in [-0.15, -0.1) is 0 Å². The first kappa shape index (κ1) is 11.4. The van der Waals surface area contributed by atoms with Gasteiger partial charge in [-0.3, -0.25) is 4.90 Å². The second-order valence-corrected chi connectivity index (χ2v) is 3.95. The molecule has 0 N–H and O–H groups in total. The monoisotopic (exact) mass is 220 g/mol. The van der Waals surface area contributed by atoms with Gasteiger partial charge in [-0.05, 0) is 24.6 Å². The summed E-state index contributed by atoms with van der Waals surface area (Å²) in [5.74, 6) is 0.903. The van der Waals surface area contributed by atoms with Crippen LogP contribution in [0.15, 0.2) is 24.3 Å². The van der Waals surface area contributed by atoms with Crippen LogP contribution in [-0.4, -0.2) is 44.4 Å². The Balaban J connectivity index is 1.71. The van der Waals surface area contributed by atoms with Crippen LogP contribution in [0.5, 0.6) is 5.75 Å². The third kappa shape index (κ3) is 3.51. The van der Waals surface area contributed by atoms with Gasteiger partial charge in [0.15, 0.2) is 0 Å². The lowest BCUT2D eigenvalue weighted by molar-refractivity contribution is 0.0322. The first-order valence-electron chi connectivity index (χ1n) is 5.69. The molecule has 0 atom stereocenters. The van der Waals surface area contributed by atoms with E-state index in [-0.39, 0.29) is 0 Å².